The van der Waals surface area contributed by atoms with E-state index in [2.05, 4.69) is 26.9 Å². The summed E-state index contributed by atoms with van der Waals surface area (Å²) in [6, 6.07) is 11.8. The first-order chi connectivity index (χ1) is 13.6. The second kappa shape index (κ2) is 8.41. The van der Waals surface area contributed by atoms with Crippen molar-refractivity contribution in [3.8, 4) is 17.2 Å². The van der Waals surface area contributed by atoms with Crippen LogP contribution >= 0.6 is 15.9 Å². The lowest BCUT2D eigenvalue weighted by atomic mass is 10.1. The minimum absolute atomic E-state index is 0.0325. The van der Waals surface area contributed by atoms with Crippen LogP contribution in [0.4, 0.5) is 0 Å². The third kappa shape index (κ3) is 4.42. The van der Waals surface area contributed by atoms with E-state index in [4.69, 9.17) is 14.2 Å². The van der Waals surface area contributed by atoms with Crippen LogP contribution in [0.2, 0.25) is 0 Å². The molecule has 1 fully saturated rings. The van der Waals surface area contributed by atoms with E-state index in [0.29, 0.717) is 19.9 Å². The van der Waals surface area contributed by atoms with E-state index in [1.807, 2.05) is 42.2 Å². The molecule has 2 aliphatic heterocycles. The highest BCUT2D eigenvalue weighted by molar-refractivity contribution is 9.10. The molecule has 2 aromatic rings. The van der Waals surface area contributed by atoms with E-state index in [1.54, 1.807) is 0 Å². The van der Waals surface area contributed by atoms with Crippen LogP contribution in [0.5, 0.6) is 17.2 Å². The molecule has 28 heavy (non-hydrogen) atoms. The van der Waals surface area contributed by atoms with Gasteiger partial charge in [-0.1, -0.05) is 22.0 Å². The quantitative estimate of drug-likeness (QED) is 0.705. The Balaban J connectivity index is 1.25. The molecule has 0 unspecified atom stereocenters. The van der Waals surface area contributed by atoms with Gasteiger partial charge in [0.05, 0.1) is 0 Å². The van der Waals surface area contributed by atoms with Crippen molar-refractivity contribution in [2.75, 3.05) is 39.6 Å². The molecule has 2 aliphatic rings. The molecule has 0 aromatic heterocycles. The van der Waals surface area contributed by atoms with E-state index in [1.165, 1.54) is 5.56 Å². The van der Waals surface area contributed by atoms with Gasteiger partial charge in [-0.05, 0) is 48.4 Å². The summed E-state index contributed by atoms with van der Waals surface area (Å²) in [5, 5.41) is 0. The number of hydrogen-bond donors (Lipinski definition) is 0. The molecule has 0 atom stereocenters. The first-order valence-corrected chi connectivity index (χ1v) is 10.2. The summed E-state index contributed by atoms with van der Waals surface area (Å²) in [6.45, 7) is 6.30. The lowest BCUT2D eigenvalue weighted by Crippen LogP contribution is -2.49. The van der Waals surface area contributed by atoms with Gasteiger partial charge < -0.3 is 19.1 Å². The van der Waals surface area contributed by atoms with Crippen molar-refractivity contribution in [1.82, 2.24) is 9.80 Å². The van der Waals surface area contributed by atoms with Crippen molar-refractivity contribution in [2.24, 2.45) is 0 Å². The Hall–Kier alpha value is -2.25. The maximum absolute atomic E-state index is 12.5. The number of rotatable bonds is 5. The van der Waals surface area contributed by atoms with Gasteiger partial charge in [0.1, 0.15) is 5.75 Å². The molecule has 0 spiro atoms. The Morgan fingerprint density at radius 2 is 1.86 bits per heavy atom. The first kappa shape index (κ1) is 19.1. The number of carbonyl (C=O) groups excluding carboxylic acids is 1. The number of halogens is 1. The normalized spacial score (nSPS) is 16.3. The minimum Gasteiger partial charge on any atom is -0.483 e. The molecule has 0 bridgehead atoms. The summed E-state index contributed by atoms with van der Waals surface area (Å²) in [7, 11) is 0. The molecule has 148 valence electrons. The van der Waals surface area contributed by atoms with Crippen LogP contribution in [-0.4, -0.2) is 55.3 Å². The van der Waals surface area contributed by atoms with Gasteiger partial charge in [0.2, 0.25) is 6.79 Å². The molecule has 1 amide bonds. The Kier molecular flexibility index (Phi) is 5.73. The smallest absolute Gasteiger partial charge is 0.260 e. The third-order valence-electron chi connectivity index (χ3n) is 5.06. The van der Waals surface area contributed by atoms with Gasteiger partial charge in [-0.15, -0.1) is 0 Å². The van der Waals surface area contributed by atoms with Crippen LogP contribution in [0.25, 0.3) is 0 Å². The Morgan fingerprint density at radius 3 is 2.64 bits per heavy atom. The second-order valence-electron chi connectivity index (χ2n) is 7.04. The van der Waals surface area contributed by atoms with Crippen molar-refractivity contribution in [3.63, 3.8) is 0 Å². The fourth-order valence-corrected chi connectivity index (χ4v) is 3.93. The van der Waals surface area contributed by atoms with Crippen LogP contribution < -0.4 is 14.2 Å². The summed E-state index contributed by atoms with van der Waals surface area (Å²) in [5.74, 6) is 2.40. The van der Waals surface area contributed by atoms with E-state index in [-0.39, 0.29) is 12.5 Å². The molecule has 2 heterocycles. The third-order valence-corrected chi connectivity index (χ3v) is 5.55. The van der Waals surface area contributed by atoms with E-state index >= 15 is 0 Å². The minimum atomic E-state index is 0.0325. The van der Waals surface area contributed by atoms with Crippen molar-refractivity contribution < 1.29 is 19.0 Å². The fourth-order valence-electron chi connectivity index (χ4n) is 3.46. The summed E-state index contributed by atoms with van der Waals surface area (Å²) >= 11 is 3.43. The van der Waals surface area contributed by atoms with Gasteiger partial charge in [-0.25, -0.2) is 0 Å². The van der Waals surface area contributed by atoms with Crippen molar-refractivity contribution in [3.05, 3.63) is 52.0 Å². The molecule has 0 aliphatic carbocycles. The van der Waals surface area contributed by atoms with Gasteiger partial charge in [0.25, 0.3) is 5.91 Å². The van der Waals surface area contributed by atoms with Crippen LogP contribution in [0, 0.1) is 6.92 Å². The van der Waals surface area contributed by atoms with Gasteiger partial charge in [-0.3, -0.25) is 9.69 Å². The van der Waals surface area contributed by atoms with Crippen molar-refractivity contribution >= 4 is 21.8 Å². The zero-order chi connectivity index (χ0) is 19.5. The summed E-state index contributed by atoms with van der Waals surface area (Å²) in [6.07, 6.45) is 0. The molecule has 1 saturated heterocycles. The van der Waals surface area contributed by atoms with E-state index < -0.39 is 0 Å². The number of nitrogens with zero attached hydrogens (tertiary/aromatic N) is 2. The fraction of sp³-hybridized carbons (Fsp3) is 0.381. The van der Waals surface area contributed by atoms with Crippen LogP contribution in [0.1, 0.15) is 11.1 Å². The number of fused-ring (bicyclic) bond motifs is 1. The van der Waals surface area contributed by atoms with Gasteiger partial charge >= 0.3 is 0 Å². The average Bonchev–Trinajstić information content (AvgIpc) is 3.15. The Morgan fingerprint density at radius 1 is 1.07 bits per heavy atom. The number of amides is 1. The van der Waals surface area contributed by atoms with Gasteiger partial charge in [0.15, 0.2) is 18.1 Å². The van der Waals surface area contributed by atoms with Crippen LogP contribution in [0.15, 0.2) is 40.9 Å². The van der Waals surface area contributed by atoms with Gasteiger partial charge in [0, 0.05) is 37.2 Å². The molecular formula is C21H23BrN2O4. The number of hydrogen-bond acceptors (Lipinski definition) is 5. The number of aryl methyl sites for hydroxylation is 1. The Bertz CT molecular complexity index is 865. The predicted octanol–water partition coefficient (Wildman–Crippen LogP) is 3.21. The molecule has 7 heteroatoms. The SMILES string of the molecule is Cc1cc(Br)ccc1OCC(=O)N1CCN(Cc2ccc3c(c2)OCO3)CC1. The number of benzene rings is 2. The average molecular weight is 447 g/mol. The summed E-state index contributed by atoms with van der Waals surface area (Å²) < 4.78 is 17.5. The number of carbonyl (C=O) groups is 1. The summed E-state index contributed by atoms with van der Waals surface area (Å²) in [4.78, 5) is 16.7. The Labute approximate surface area is 173 Å². The van der Waals surface area contributed by atoms with E-state index in [0.717, 1.165) is 46.9 Å². The lowest BCUT2D eigenvalue weighted by Gasteiger charge is -2.34. The topological polar surface area (TPSA) is 51.2 Å². The van der Waals surface area contributed by atoms with E-state index in [9.17, 15) is 4.79 Å². The standard InChI is InChI=1S/C21H23BrN2O4/c1-15-10-17(22)3-5-18(15)26-13-21(25)24-8-6-23(7-9-24)12-16-2-4-19-20(11-16)28-14-27-19/h2-5,10-11H,6-9,12-14H2,1H3. The highest BCUT2D eigenvalue weighted by Crippen LogP contribution is 2.32. The highest BCUT2D eigenvalue weighted by Gasteiger charge is 2.22. The second-order valence-corrected chi connectivity index (χ2v) is 7.96. The molecule has 0 N–H and O–H groups in total. The zero-order valence-corrected chi connectivity index (χ0v) is 17.4. The first-order valence-electron chi connectivity index (χ1n) is 9.36. The van der Waals surface area contributed by atoms with Crippen molar-refractivity contribution in [1.29, 1.82) is 0 Å². The van der Waals surface area contributed by atoms with Crippen LogP contribution in [-0.2, 0) is 11.3 Å². The molecular weight excluding hydrogens is 424 g/mol. The molecule has 0 radical (unpaired) electrons. The molecule has 4 rings (SSSR count). The maximum atomic E-state index is 12.5. The highest BCUT2D eigenvalue weighted by atomic mass is 79.9. The zero-order valence-electron chi connectivity index (χ0n) is 15.8. The van der Waals surface area contributed by atoms with Gasteiger partial charge in [-0.2, -0.15) is 0 Å². The molecule has 6 nitrogen and oxygen atoms in total. The van der Waals surface area contributed by atoms with Crippen molar-refractivity contribution in [2.45, 2.75) is 13.5 Å². The lowest BCUT2D eigenvalue weighted by molar-refractivity contribution is -0.135. The largest absolute Gasteiger partial charge is 0.483 e. The number of ether oxygens (including phenoxy) is 3. The molecule has 2 aromatic carbocycles. The molecule has 0 saturated carbocycles. The predicted molar refractivity (Wildman–Crippen MR) is 109 cm³/mol. The maximum Gasteiger partial charge on any atom is 0.260 e. The summed E-state index contributed by atoms with van der Waals surface area (Å²) in [5.41, 5.74) is 2.20. The van der Waals surface area contributed by atoms with Crippen LogP contribution in [0.3, 0.4) is 0 Å². The monoisotopic (exact) mass is 446 g/mol. The number of piperazine rings is 1.